The van der Waals surface area contributed by atoms with Crippen molar-refractivity contribution in [3.8, 4) is 5.69 Å². The molecule has 1 aromatic carbocycles. The number of carbonyl (C=O) groups excluding carboxylic acids is 1. The van der Waals surface area contributed by atoms with Crippen LogP contribution in [0.4, 0.5) is 5.69 Å². The summed E-state index contributed by atoms with van der Waals surface area (Å²) < 4.78 is 1.81. The van der Waals surface area contributed by atoms with Crippen LogP contribution in [0.5, 0.6) is 0 Å². The van der Waals surface area contributed by atoms with E-state index in [9.17, 15) is 4.79 Å². The Bertz CT molecular complexity index is 616. The Labute approximate surface area is 137 Å². The molecule has 2 heterocycles. The van der Waals surface area contributed by atoms with Gasteiger partial charge in [-0.3, -0.25) is 4.79 Å². The van der Waals surface area contributed by atoms with Gasteiger partial charge in [-0.15, -0.1) is 0 Å². The van der Waals surface area contributed by atoms with Gasteiger partial charge in [0.25, 0.3) is 0 Å². The summed E-state index contributed by atoms with van der Waals surface area (Å²) in [6, 6.07) is 9.81. The predicted molar refractivity (Wildman–Crippen MR) is 91.7 cm³/mol. The summed E-state index contributed by atoms with van der Waals surface area (Å²) in [4.78, 5) is 14.5. The van der Waals surface area contributed by atoms with Gasteiger partial charge in [0.05, 0.1) is 17.9 Å². The largest absolute Gasteiger partial charge is 0.374 e. The smallest absolute Gasteiger partial charge is 0.241 e. The molecule has 5 heteroatoms. The van der Waals surface area contributed by atoms with Gasteiger partial charge in [-0.1, -0.05) is 31.4 Å². The summed E-state index contributed by atoms with van der Waals surface area (Å²) in [7, 11) is 0. The van der Waals surface area contributed by atoms with Crippen LogP contribution in [0.15, 0.2) is 42.7 Å². The third kappa shape index (κ3) is 4.12. The minimum atomic E-state index is 0.183. The molecule has 0 unspecified atom stereocenters. The standard InChI is InChI=1S/C18H24N4O/c23-18(21-12-6-2-1-3-7-13-21)15-19-16-9-4-5-10-17(16)22-14-8-11-20-22/h4-5,8-11,14,19H,1-3,6-7,12-13,15H2. The van der Waals surface area contributed by atoms with Crippen LogP contribution in [-0.4, -0.2) is 40.2 Å². The highest BCUT2D eigenvalue weighted by Gasteiger charge is 2.15. The third-order valence-electron chi connectivity index (χ3n) is 4.29. The second kappa shape index (κ2) is 7.81. The third-order valence-corrected chi connectivity index (χ3v) is 4.29. The molecule has 0 atom stereocenters. The fourth-order valence-corrected chi connectivity index (χ4v) is 3.01. The molecule has 0 spiro atoms. The molecule has 1 aliphatic rings. The molecular formula is C18H24N4O. The van der Waals surface area contributed by atoms with Crippen molar-refractivity contribution < 1.29 is 4.79 Å². The van der Waals surface area contributed by atoms with Crippen LogP contribution in [0.3, 0.4) is 0 Å². The Morgan fingerprint density at radius 2 is 1.78 bits per heavy atom. The number of likely N-dealkylation sites (tertiary alicyclic amines) is 1. The number of rotatable bonds is 4. The van der Waals surface area contributed by atoms with Gasteiger partial charge < -0.3 is 10.2 Å². The lowest BCUT2D eigenvalue weighted by atomic mass is 10.1. The molecule has 122 valence electrons. The van der Waals surface area contributed by atoms with Crippen LogP contribution >= 0.6 is 0 Å². The van der Waals surface area contributed by atoms with Gasteiger partial charge in [0.15, 0.2) is 0 Å². The van der Waals surface area contributed by atoms with Crippen LogP contribution < -0.4 is 5.32 Å². The minimum absolute atomic E-state index is 0.183. The number of para-hydroxylation sites is 2. The van der Waals surface area contributed by atoms with Crippen molar-refractivity contribution in [1.29, 1.82) is 0 Å². The number of hydrogen-bond acceptors (Lipinski definition) is 3. The number of aromatic nitrogens is 2. The van der Waals surface area contributed by atoms with Crippen molar-refractivity contribution in [3.05, 3.63) is 42.7 Å². The molecule has 1 aromatic heterocycles. The normalized spacial score (nSPS) is 15.7. The molecule has 23 heavy (non-hydrogen) atoms. The molecule has 3 rings (SSSR count). The summed E-state index contributed by atoms with van der Waals surface area (Å²) in [5.41, 5.74) is 1.88. The molecule has 0 saturated carbocycles. The van der Waals surface area contributed by atoms with E-state index in [1.54, 1.807) is 6.20 Å². The average molecular weight is 312 g/mol. The van der Waals surface area contributed by atoms with Crippen LogP contribution in [-0.2, 0) is 4.79 Å². The lowest BCUT2D eigenvalue weighted by Gasteiger charge is -2.25. The van der Waals surface area contributed by atoms with Crippen LogP contribution in [0.25, 0.3) is 5.69 Å². The summed E-state index contributed by atoms with van der Waals surface area (Å²) in [5, 5.41) is 7.55. The van der Waals surface area contributed by atoms with Gasteiger partial charge >= 0.3 is 0 Å². The molecule has 1 fully saturated rings. The van der Waals surface area contributed by atoms with E-state index in [1.165, 1.54) is 19.3 Å². The number of hydrogen-bond donors (Lipinski definition) is 1. The van der Waals surface area contributed by atoms with E-state index in [0.29, 0.717) is 6.54 Å². The monoisotopic (exact) mass is 312 g/mol. The molecule has 1 aliphatic heterocycles. The van der Waals surface area contributed by atoms with E-state index in [4.69, 9.17) is 0 Å². The number of anilines is 1. The van der Waals surface area contributed by atoms with Gasteiger partial charge in [0.2, 0.25) is 5.91 Å². The van der Waals surface area contributed by atoms with Gasteiger partial charge in [-0.05, 0) is 31.0 Å². The van der Waals surface area contributed by atoms with E-state index in [1.807, 2.05) is 46.1 Å². The predicted octanol–water partition coefficient (Wildman–Crippen LogP) is 3.08. The molecule has 1 amide bonds. The van der Waals surface area contributed by atoms with E-state index in [-0.39, 0.29) is 5.91 Å². The molecule has 5 nitrogen and oxygen atoms in total. The van der Waals surface area contributed by atoms with Crippen molar-refractivity contribution in [2.75, 3.05) is 25.0 Å². The van der Waals surface area contributed by atoms with Crippen LogP contribution in [0.2, 0.25) is 0 Å². The maximum atomic E-state index is 12.5. The number of carbonyl (C=O) groups is 1. The average Bonchev–Trinajstić information content (AvgIpc) is 3.07. The van der Waals surface area contributed by atoms with Gasteiger partial charge in [-0.25, -0.2) is 4.68 Å². The molecule has 0 aliphatic carbocycles. The fraction of sp³-hybridized carbons (Fsp3) is 0.444. The molecule has 2 aromatic rings. The molecular weight excluding hydrogens is 288 g/mol. The second-order valence-electron chi connectivity index (χ2n) is 5.97. The summed E-state index contributed by atoms with van der Waals surface area (Å²) >= 11 is 0. The maximum absolute atomic E-state index is 12.5. The highest BCUT2D eigenvalue weighted by Crippen LogP contribution is 2.19. The Balaban J connectivity index is 1.63. The quantitative estimate of drug-likeness (QED) is 0.944. The Hall–Kier alpha value is -2.30. The summed E-state index contributed by atoms with van der Waals surface area (Å²) in [5.74, 6) is 0.183. The Morgan fingerprint density at radius 3 is 2.52 bits per heavy atom. The number of amides is 1. The highest BCUT2D eigenvalue weighted by molar-refractivity contribution is 5.81. The number of benzene rings is 1. The van der Waals surface area contributed by atoms with Crippen molar-refractivity contribution in [3.63, 3.8) is 0 Å². The van der Waals surface area contributed by atoms with Crippen LogP contribution in [0, 0.1) is 0 Å². The van der Waals surface area contributed by atoms with Crippen molar-refractivity contribution in [1.82, 2.24) is 14.7 Å². The van der Waals surface area contributed by atoms with Gasteiger partial charge in [0.1, 0.15) is 0 Å². The SMILES string of the molecule is O=C(CNc1ccccc1-n1cccn1)N1CCCCCCC1. The zero-order valence-electron chi connectivity index (χ0n) is 13.4. The lowest BCUT2D eigenvalue weighted by Crippen LogP contribution is -2.37. The zero-order chi connectivity index (χ0) is 15.9. The zero-order valence-corrected chi connectivity index (χ0v) is 13.4. The number of nitrogens with zero attached hydrogens (tertiary/aromatic N) is 3. The first-order chi connectivity index (χ1) is 11.3. The maximum Gasteiger partial charge on any atom is 0.241 e. The van der Waals surface area contributed by atoms with Crippen molar-refractivity contribution in [2.45, 2.75) is 32.1 Å². The highest BCUT2D eigenvalue weighted by atomic mass is 16.2. The first kappa shape index (κ1) is 15.6. The lowest BCUT2D eigenvalue weighted by molar-refractivity contribution is -0.129. The van der Waals surface area contributed by atoms with Gasteiger partial charge in [-0.2, -0.15) is 5.10 Å². The number of nitrogens with one attached hydrogen (secondary N) is 1. The molecule has 0 bridgehead atoms. The van der Waals surface area contributed by atoms with E-state index < -0.39 is 0 Å². The minimum Gasteiger partial charge on any atom is -0.374 e. The first-order valence-corrected chi connectivity index (χ1v) is 8.45. The van der Waals surface area contributed by atoms with Crippen molar-refractivity contribution >= 4 is 11.6 Å². The fourth-order valence-electron chi connectivity index (χ4n) is 3.01. The van der Waals surface area contributed by atoms with Crippen LogP contribution in [0.1, 0.15) is 32.1 Å². The second-order valence-corrected chi connectivity index (χ2v) is 5.97. The Morgan fingerprint density at radius 1 is 1.04 bits per heavy atom. The summed E-state index contributed by atoms with van der Waals surface area (Å²) in [6.45, 7) is 2.11. The van der Waals surface area contributed by atoms with E-state index in [0.717, 1.165) is 37.3 Å². The Kier molecular flexibility index (Phi) is 5.29. The van der Waals surface area contributed by atoms with Crippen molar-refractivity contribution in [2.24, 2.45) is 0 Å². The topological polar surface area (TPSA) is 50.2 Å². The first-order valence-electron chi connectivity index (χ1n) is 8.45. The van der Waals surface area contributed by atoms with Gasteiger partial charge in [0, 0.05) is 25.5 Å². The molecule has 1 saturated heterocycles. The van der Waals surface area contributed by atoms with E-state index >= 15 is 0 Å². The molecule has 1 N–H and O–H groups in total. The summed E-state index contributed by atoms with van der Waals surface area (Å²) in [6.07, 6.45) is 9.67. The van der Waals surface area contributed by atoms with E-state index in [2.05, 4.69) is 10.4 Å². The molecule has 0 radical (unpaired) electrons.